The molecular weight excluding hydrogens is 346 g/mol. The minimum Gasteiger partial charge on any atom is -0.381 e. The summed E-state index contributed by atoms with van der Waals surface area (Å²) in [4.78, 5) is 17.9. The Bertz CT molecular complexity index is 1010. The maximum Gasteiger partial charge on any atom is 0.253 e. The molecule has 0 amide bonds. The number of aromatic nitrogens is 1. The van der Waals surface area contributed by atoms with Crippen LogP contribution in [0.3, 0.4) is 0 Å². The predicted molar refractivity (Wildman–Crippen MR) is 118 cm³/mol. The van der Waals surface area contributed by atoms with Crippen molar-refractivity contribution in [1.82, 2.24) is 4.98 Å². The summed E-state index contributed by atoms with van der Waals surface area (Å²) in [5, 5.41) is 4.48. The van der Waals surface area contributed by atoms with Gasteiger partial charge in [-0.15, -0.1) is 0 Å². The third-order valence-electron chi connectivity index (χ3n) is 5.77. The van der Waals surface area contributed by atoms with Crippen LogP contribution in [-0.4, -0.2) is 18.1 Å². The molecule has 2 heterocycles. The van der Waals surface area contributed by atoms with Crippen molar-refractivity contribution < 1.29 is 0 Å². The molecule has 28 heavy (non-hydrogen) atoms. The minimum absolute atomic E-state index is 0.0248. The quantitative estimate of drug-likeness (QED) is 0.664. The topological polar surface area (TPSA) is 48.1 Å². The highest BCUT2D eigenvalue weighted by molar-refractivity contribution is 5.79. The summed E-state index contributed by atoms with van der Waals surface area (Å²) in [7, 11) is 0. The van der Waals surface area contributed by atoms with Crippen molar-refractivity contribution in [1.29, 1.82) is 0 Å². The van der Waals surface area contributed by atoms with E-state index in [-0.39, 0.29) is 5.56 Å². The van der Waals surface area contributed by atoms with Gasteiger partial charge < -0.3 is 15.2 Å². The summed E-state index contributed by atoms with van der Waals surface area (Å²) in [5.74, 6) is 0.763. The fourth-order valence-electron chi connectivity index (χ4n) is 4.06. The second-order valence-electron chi connectivity index (χ2n) is 7.99. The van der Waals surface area contributed by atoms with Gasteiger partial charge in [0.05, 0.1) is 0 Å². The summed E-state index contributed by atoms with van der Waals surface area (Å²) in [5.41, 5.74) is 5.23. The molecule has 4 nitrogen and oxygen atoms in total. The fourth-order valence-corrected chi connectivity index (χ4v) is 4.06. The largest absolute Gasteiger partial charge is 0.381 e. The average molecular weight is 376 g/mol. The van der Waals surface area contributed by atoms with Gasteiger partial charge in [-0.25, -0.2) is 0 Å². The van der Waals surface area contributed by atoms with Gasteiger partial charge in [-0.3, -0.25) is 4.79 Å². The molecule has 1 saturated heterocycles. The van der Waals surface area contributed by atoms with Gasteiger partial charge in [-0.05, 0) is 78.6 Å². The highest BCUT2D eigenvalue weighted by Crippen LogP contribution is 2.24. The number of hydrogen-bond acceptors (Lipinski definition) is 3. The number of pyridine rings is 1. The zero-order valence-corrected chi connectivity index (χ0v) is 16.8. The number of aryl methyl sites for hydroxylation is 1. The van der Waals surface area contributed by atoms with Crippen LogP contribution in [0.5, 0.6) is 0 Å². The summed E-state index contributed by atoms with van der Waals surface area (Å²) >= 11 is 0. The molecule has 146 valence electrons. The zero-order chi connectivity index (χ0) is 19.5. The molecule has 1 aliphatic rings. The molecule has 0 saturated carbocycles. The highest BCUT2D eigenvalue weighted by Gasteiger charge is 2.16. The molecule has 1 atom stereocenters. The number of nitrogens with zero attached hydrogens (tertiary/aromatic N) is 1. The first-order valence-corrected chi connectivity index (χ1v) is 10.4. The smallest absolute Gasteiger partial charge is 0.253 e. The lowest BCUT2D eigenvalue weighted by molar-refractivity contribution is 0.447. The van der Waals surface area contributed by atoms with Gasteiger partial charge in [0, 0.05) is 42.1 Å². The predicted octanol–water partition coefficient (Wildman–Crippen LogP) is 4.94. The molecule has 1 aromatic heterocycles. The number of nitrogens with one attached hydrogen (secondary N) is 2. The van der Waals surface area contributed by atoms with E-state index < -0.39 is 0 Å². The van der Waals surface area contributed by atoms with Crippen molar-refractivity contribution in [3.05, 3.63) is 70.0 Å². The molecule has 0 aliphatic carbocycles. The summed E-state index contributed by atoms with van der Waals surface area (Å²) in [6, 6.07) is 16.8. The lowest BCUT2D eigenvalue weighted by Gasteiger charge is -2.32. The molecule has 2 N–H and O–H groups in total. The van der Waals surface area contributed by atoms with E-state index in [1.165, 1.54) is 24.1 Å². The summed E-state index contributed by atoms with van der Waals surface area (Å²) in [6.45, 7) is 7.26. The number of hydrogen-bond donors (Lipinski definition) is 2. The Morgan fingerprint density at radius 3 is 2.71 bits per heavy atom. The van der Waals surface area contributed by atoms with Crippen LogP contribution < -0.4 is 15.8 Å². The monoisotopic (exact) mass is 375 g/mol. The third kappa shape index (κ3) is 4.06. The lowest BCUT2D eigenvalue weighted by atomic mass is 10.00. The molecule has 1 fully saturated rings. The van der Waals surface area contributed by atoms with Crippen molar-refractivity contribution in [3.63, 3.8) is 0 Å². The molecule has 1 unspecified atom stereocenters. The third-order valence-corrected chi connectivity index (χ3v) is 5.77. The number of piperidine rings is 1. The number of rotatable bonds is 5. The van der Waals surface area contributed by atoms with E-state index in [0.29, 0.717) is 6.54 Å². The molecule has 4 rings (SSSR count). The normalized spacial score (nSPS) is 17.1. The van der Waals surface area contributed by atoms with E-state index in [1.54, 1.807) is 0 Å². The van der Waals surface area contributed by atoms with Gasteiger partial charge in [0.15, 0.2) is 0 Å². The maximum atomic E-state index is 12.4. The van der Waals surface area contributed by atoms with Gasteiger partial charge in [0.25, 0.3) is 5.56 Å². The summed E-state index contributed by atoms with van der Waals surface area (Å²) in [6.07, 6.45) is 3.59. The second-order valence-corrected chi connectivity index (χ2v) is 7.99. The lowest BCUT2D eigenvalue weighted by Crippen LogP contribution is -2.34. The van der Waals surface area contributed by atoms with E-state index in [4.69, 9.17) is 0 Å². The van der Waals surface area contributed by atoms with Crippen LogP contribution in [0.15, 0.2) is 53.3 Å². The van der Waals surface area contributed by atoms with Gasteiger partial charge >= 0.3 is 0 Å². The fraction of sp³-hybridized carbons (Fsp3) is 0.375. The standard InChI is InChI=1S/C24H29N3O/c1-3-18-6-11-23-19(13-18)14-20(24(28)26-23)15-25-21-7-9-22(10-8-21)27-12-4-5-17(2)16-27/h6-11,13-14,17,25H,3-5,12,15-16H2,1-2H3,(H,26,28). The number of aromatic amines is 1. The number of benzene rings is 2. The Morgan fingerprint density at radius 1 is 1.14 bits per heavy atom. The Kier molecular flexibility index (Phi) is 5.38. The first-order valence-electron chi connectivity index (χ1n) is 10.4. The van der Waals surface area contributed by atoms with Crippen LogP contribution >= 0.6 is 0 Å². The molecule has 1 aliphatic heterocycles. The van der Waals surface area contributed by atoms with Crippen molar-refractivity contribution in [2.75, 3.05) is 23.3 Å². The van der Waals surface area contributed by atoms with Crippen molar-refractivity contribution >= 4 is 22.3 Å². The molecule has 0 spiro atoms. The van der Waals surface area contributed by atoms with Crippen molar-refractivity contribution in [2.24, 2.45) is 5.92 Å². The highest BCUT2D eigenvalue weighted by atomic mass is 16.1. The van der Waals surface area contributed by atoms with Crippen molar-refractivity contribution in [3.8, 4) is 0 Å². The molecule has 3 aromatic rings. The Labute approximate surface area is 166 Å². The average Bonchev–Trinajstić information content (AvgIpc) is 2.72. The second kappa shape index (κ2) is 8.09. The molecule has 2 aromatic carbocycles. The van der Waals surface area contributed by atoms with Crippen LogP contribution in [0.4, 0.5) is 11.4 Å². The number of anilines is 2. The molecule has 4 heteroatoms. The van der Waals surface area contributed by atoms with Crippen LogP contribution in [0, 0.1) is 5.92 Å². The SMILES string of the molecule is CCc1ccc2[nH]c(=O)c(CNc3ccc(N4CCCC(C)C4)cc3)cc2c1. The summed E-state index contributed by atoms with van der Waals surface area (Å²) < 4.78 is 0. The van der Waals surface area contributed by atoms with Crippen LogP contribution in [0.1, 0.15) is 37.8 Å². The van der Waals surface area contributed by atoms with Crippen LogP contribution in [0.25, 0.3) is 10.9 Å². The van der Waals surface area contributed by atoms with Gasteiger partial charge in [-0.2, -0.15) is 0 Å². The van der Waals surface area contributed by atoms with Gasteiger partial charge in [0.1, 0.15) is 0 Å². The number of H-pyrrole nitrogens is 1. The van der Waals surface area contributed by atoms with Crippen molar-refractivity contribution in [2.45, 2.75) is 39.7 Å². The maximum absolute atomic E-state index is 12.4. The first-order chi connectivity index (χ1) is 13.6. The van der Waals surface area contributed by atoms with E-state index in [9.17, 15) is 4.79 Å². The molecular formula is C24H29N3O. The van der Waals surface area contributed by atoms with Crippen LogP contribution in [-0.2, 0) is 13.0 Å². The Balaban J connectivity index is 1.46. The van der Waals surface area contributed by atoms with E-state index in [0.717, 1.165) is 47.6 Å². The van der Waals surface area contributed by atoms with E-state index in [1.807, 2.05) is 12.1 Å². The van der Waals surface area contributed by atoms with Crippen LogP contribution in [0.2, 0.25) is 0 Å². The number of fused-ring (bicyclic) bond motifs is 1. The van der Waals surface area contributed by atoms with E-state index >= 15 is 0 Å². The first kappa shape index (κ1) is 18.6. The Hall–Kier alpha value is -2.75. The molecule has 0 bridgehead atoms. The Morgan fingerprint density at radius 2 is 1.96 bits per heavy atom. The van der Waals surface area contributed by atoms with Gasteiger partial charge in [-0.1, -0.05) is 19.9 Å². The minimum atomic E-state index is -0.0248. The van der Waals surface area contributed by atoms with E-state index in [2.05, 4.69) is 65.4 Å². The molecule has 0 radical (unpaired) electrons. The zero-order valence-electron chi connectivity index (χ0n) is 16.8. The van der Waals surface area contributed by atoms with Gasteiger partial charge in [0.2, 0.25) is 0 Å².